The number of benzene rings is 1. The number of carbonyl (C=O) groups excluding carboxylic acids is 1. The third-order valence-corrected chi connectivity index (χ3v) is 6.47. The Morgan fingerprint density at radius 3 is 2.46 bits per heavy atom. The van der Waals surface area contributed by atoms with Crippen LogP contribution in [0.15, 0.2) is 30.7 Å². The third kappa shape index (κ3) is 6.12. The molecule has 0 radical (unpaired) electrons. The van der Waals surface area contributed by atoms with Gasteiger partial charge in [-0.15, -0.1) is 11.3 Å². The molecule has 0 bridgehead atoms. The van der Waals surface area contributed by atoms with Crippen LogP contribution in [0.25, 0.3) is 10.6 Å². The molecular formula is C23H23F4N5O2S. The number of nitrogens with one attached hydrogen (secondary N) is 1. The van der Waals surface area contributed by atoms with Crippen molar-refractivity contribution in [3.63, 3.8) is 0 Å². The topological polar surface area (TPSA) is 80.2 Å². The van der Waals surface area contributed by atoms with E-state index in [4.69, 9.17) is 4.74 Å². The van der Waals surface area contributed by atoms with Crippen molar-refractivity contribution in [3.05, 3.63) is 58.4 Å². The van der Waals surface area contributed by atoms with E-state index in [2.05, 4.69) is 25.2 Å². The summed E-state index contributed by atoms with van der Waals surface area (Å²) in [6, 6.07) is 2.89. The molecule has 0 atom stereocenters. The Hall–Kier alpha value is -3.12. The number of piperidine rings is 1. The van der Waals surface area contributed by atoms with Gasteiger partial charge in [0.1, 0.15) is 22.7 Å². The molecule has 1 aromatic carbocycles. The van der Waals surface area contributed by atoms with Crippen molar-refractivity contribution in [1.82, 2.24) is 25.2 Å². The maximum atomic E-state index is 15.4. The van der Waals surface area contributed by atoms with Crippen LogP contribution >= 0.6 is 11.3 Å². The molecule has 0 unspecified atom stereocenters. The molecule has 1 aliphatic heterocycles. The fraction of sp³-hybridized carbons (Fsp3) is 0.391. The fourth-order valence-electron chi connectivity index (χ4n) is 3.63. The second kappa shape index (κ2) is 10.2. The van der Waals surface area contributed by atoms with Crippen LogP contribution in [0, 0.1) is 12.7 Å². The van der Waals surface area contributed by atoms with E-state index in [9.17, 15) is 18.0 Å². The van der Waals surface area contributed by atoms with E-state index in [1.54, 1.807) is 12.3 Å². The lowest BCUT2D eigenvalue weighted by Gasteiger charge is -2.29. The lowest BCUT2D eigenvalue weighted by Crippen LogP contribution is -2.35. The van der Waals surface area contributed by atoms with Gasteiger partial charge in [-0.2, -0.15) is 13.2 Å². The lowest BCUT2D eigenvalue weighted by molar-refractivity contribution is -0.145. The highest BCUT2D eigenvalue weighted by atomic mass is 32.1. The number of halogens is 4. The van der Waals surface area contributed by atoms with Crippen molar-refractivity contribution in [3.8, 4) is 16.3 Å². The summed E-state index contributed by atoms with van der Waals surface area (Å²) < 4.78 is 59.5. The number of aryl methyl sites for hydroxylation is 1. The average molecular weight is 510 g/mol. The van der Waals surface area contributed by atoms with Crippen LogP contribution in [0.3, 0.4) is 0 Å². The van der Waals surface area contributed by atoms with Gasteiger partial charge in [-0.3, -0.25) is 4.79 Å². The summed E-state index contributed by atoms with van der Waals surface area (Å²) in [6.07, 6.45) is 0.427. The number of nitrogens with zero attached hydrogens (tertiary/aromatic N) is 4. The highest BCUT2D eigenvalue weighted by Gasteiger charge is 2.34. The third-order valence-electron chi connectivity index (χ3n) is 5.52. The SMILES string of the molecule is Cc1cnc(-c2cc(OC3CCN(C)CC3)cc(C(=O)NCc3cnc(C(F)(F)F)nc3)c2F)s1. The van der Waals surface area contributed by atoms with E-state index >= 15 is 4.39 Å². The Kier molecular flexibility index (Phi) is 7.31. The first kappa shape index (κ1) is 25.0. The second-order valence-electron chi connectivity index (χ2n) is 8.32. The minimum atomic E-state index is -4.66. The van der Waals surface area contributed by atoms with Crippen LogP contribution in [0.1, 0.15) is 39.5 Å². The number of amides is 1. The van der Waals surface area contributed by atoms with Crippen LogP contribution in [0.2, 0.25) is 0 Å². The number of rotatable bonds is 6. The van der Waals surface area contributed by atoms with Crippen molar-refractivity contribution < 1.29 is 27.1 Å². The van der Waals surface area contributed by atoms with Crippen LogP contribution in [0.4, 0.5) is 17.6 Å². The molecule has 12 heteroatoms. The first-order valence-corrected chi connectivity index (χ1v) is 11.7. The maximum absolute atomic E-state index is 15.4. The van der Waals surface area contributed by atoms with Crippen molar-refractivity contribution >= 4 is 17.2 Å². The summed E-state index contributed by atoms with van der Waals surface area (Å²) >= 11 is 1.29. The molecular weight excluding hydrogens is 486 g/mol. The molecule has 3 heterocycles. The van der Waals surface area contributed by atoms with Crippen molar-refractivity contribution in [2.75, 3.05) is 20.1 Å². The summed E-state index contributed by atoms with van der Waals surface area (Å²) in [6.45, 7) is 3.40. The molecule has 186 valence electrons. The van der Waals surface area contributed by atoms with Gasteiger partial charge in [0.2, 0.25) is 5.82 Å². The minimum absolute atomic E-state index is 0.0669. The van der Waals surface area contributed by atoms with Gasteiger partial charge >= 0.3 is 6.18 Å². The average Bonchev–Trinajstić information content (AvgIpc) is 3.25. The lowest BCUT2D eigenvalue weighted by atomic mass is 10.1. The largest absolute Gasteiger partial charge is 0.490 e. The van der Waals surface area contributed by atoms with Gasteiger partial charge in [0.05, 0.1) is 11.1 Å². The Bertz CT molecular complexity index is 1190. The van der Waals surface area contributed by atoms with Gasteiger partial charge < -0.3 is 15.0 Å². The summed E-state index contributed by atoms with van der Waals surface area (Å²) in [5, 5.41) is 2.93. The molecule has 35 heavy (non-hydrogen) atoms. The molecule has 0 spiro atoms. The van der Waals surface area contributed by atoms with Gasteiger partial charge in [-0.25, -0.2) is 19.3 Å². The molecule has 1 aliphatic rings. The molecule has 1 saturated heterocycles. The van der Waals surface area contributed by atoms with Crippen molar-refractivity contribution in [2.24, 2.45) is 0 Å². The smallest absolute Gasteiger partial charge is 0.451 e. The molecule has 7 nitrogen and oxygen atoms in total. The number of hydrogen-bond donors (Lipinski definition) is 1. The number of likely N-dealkylation sites (tertiary alicyclic amines) is 1. The molecule has 1 amide bonds. The molecule has 4 rings (SSSR count). The zero-order chi connectivity index (χ0) is 25.2. The van der Waals surface area contributed by atoms with Gasteiger partial charge in [0.25, 0.3) is 5.91 Å². The maximum Gasteiger partial charge on any atom is 0.451 e. The normalized spacial score (nSPS) is 15.3. The Balaban J connectivity index is 1.56. The number of alkyl halides is 3. The predicted molar refractivity (Wildman–Crippen MR) is 122 cm³/mol. The number of thiazole rings is 1. The van der Waals surface area contributed by atoms with E-state index in [1.807, 2.05) is 14.0 Å². The summed E-state index contributed by atoms with van der Waals surface area (Å²) in [4.78, 5) is 26.7. The van der Waals surface area contributed by atoms with Crippen LogP contribution in [-0.4, -0.2) is 52.0 Å². The molecule has 3 aromatic rings. The van der Waals surface area contributed by atoms with Gasteiger partial charge in [-0.05, 0) is 38.9 Å². The van der Waals surface area contributed by atoms with Crippen LogP contribution in [-0.2, 0) is 12.7 Å². The Labute approximate surface area is 203 Å². The van der Waals surface area contributed by atoms with Crippen LogP contribution < -0.4 is 10.1 Å². The second-order valence-corrected chi connectivity index (χ2v) is 9.56. The van der Waals surface area contributed by atoms with Crippen LogP contribution in [0.5, 0.6) is 5.75 Å². The Morgan fingerprint density at radius 1 is 1.17 bits per heavy atom. The highest BCUT2D eigenvalue weighted by molar-refractivity contribution is 7.14. The van der Waals surface area contributed by atoms with E-state index < -0.39 is 23.7 Å². The Morgan fingerprint density at radius 2 is 1.86 bits per heavy atom. The van der Waals surface area contributed by atoms with E-state index in [-0.39, 0.29) is 29.3 Å². The fourth-order valence-corrected chi connectivity index (χ4v) is 4.41. The monoisotopic (exact) mass is 509 g/mol. The number of aromatic nitrogens is 3. The van der Waals surface area contributed by atoms with Gasteiger partial charge in [0.15, 0.2) is 0 Å². The number of carbonyl (C=O) groups is 1. The molecule has 1 N–H and O–H groups in total. The molecule has 0 saturated carbocycles. The quantitative estimate of drug-likeness (QED) is 0.494. The zero-order valence-electron chi connectivity index (χ0n) is 19.0. The van der Waals surface area contributed by atoms with Crippen molar-refractivity contribution in [2.45, 2.75) is 38.6 Å². The minimum Gasteiger partial charge on any atom is -0.490 e. The molecule has 0 aliphatic carbocycles. The number of ether oxygens (including phenoxy) is 1. The first-order chi connectivity index (χ1) is 16.6. The summed E-state index contributed by atoms with van der Waals surface area (Å²) in [7, 11) is 2.03. The zero-order valence-corrected chi connectivity index (χ0v) is 19.8. The standard InChI is InChI=1S/C23H23F4N5O2S/c1-13-9-29-21(35-13)18-8-16(34-15-3-5-32(2)6-4-15)7-17(19(18)24)20(33)28-10-14-11-30-22(31-12-14)23(25,26)27/h7-9,11-12,15H,3-6,10H2,1-2H3,(H,28,33). The molecule has 1 fully saturated rings. The first-order valence-electron chi connectivity index (χ1n) is 10.9. The van der Waals surface area contributed by atoms with E-state index in [0.29, 0.717) is 10.8 Å². The highest BCUT2D eigenvalue weighted by Crippen LogP contribution is 2.34. The molecule has 2 aromatic heterocycles. The summed E-state index contributed by atoms with van der Waals surface area (Å²) in [5.41, 5.74) is 0.143. The van der Waals surface area contributed by atoms with E-state index in [1.165, 1.54) is 17.4 Å². The summed E-state index contributed by atoms with van der Waals surface area (Å²) in [5.74, 6) is -2.42. The predicted octanol–water partition coefficient (Wildman–Crippen LogP) is 4.47. The number of hydrogen-bond acceptors (Lipinski definition) is 7. The van der Waals surface area contributed by atoms with Gasteiger partial charge in [-0.1, -0.05) is 0 Å². The van der Waals surface area contributed by atoms with E-state index in [0.717, 1.165) is 43.2 Å². The van der Waals surface area contributed by atoms with Gasteiger partial charge in [0, 0.05) is 48.7 Å². The van der Waals surface area contributed by atoms with Crippen molar-refractivity contribution in [1.29, 1.82) is 0 Å².